The molecule has 5 heteroatoms. The second-order valence-electron chi connectivity index (χ2n) is 4.65. The molecule has 1 aliphatic rings. The molecule has 0 amide bonds. The fourth-order valence-electron chi connectivity index (χ4n) is 1.97. The van der Waals surface area contributed by atoms with Gasteiger partial charge in [0.05, 0.1) is 6.61 Å². The normalized spacial score (nSPS) is 14.6. The monoisotopic (exact) mass is 250 g/mol. The lowest BCUT2D eigenvalue weighted by molar-refractivity contribution is 0.326. The Balaban J connectivity index is 2.17. The molecule has 0 aliphatic heterocycles. The molecule has 1 heterocycles. The van der Waals surface area contributed by atoms with Gasteiger partial charge in [-0.15, -0.1) is 0 Å². The molecule has 2 rings (SSSR count). The summed E-state index contributed by atoms with van der Waals surface area (Å²) in [5.74, 6) is 1.45. The van der Waals surface area contributed by atoms with Gasteiger partial charge >= 0.3 is 0 Å². The van der Waals surface area contributed by atoms with E-state index in [0.29, 0.717) is 25.1 Å². The van der Waals surface area contributed by atoms with Crippen LogP contribution in [0.15, 0.2) is 6.07 Å². The number of aromatic nitrogens is 2. The van der Waals surface area contributed by atoms with Gasteiger partial charge in [0.25, 0.3) is 0 Å². The first kappa shape index (κ1) is 13.1. The summed E-state index contributed by atoms with van der Waals surface area (Å²) in [7, 11) is 0. The van der Waals surface area contributed by atoms with Gasteiger partial charge in [-0.2, -0.15) is 4.98 Å². The largest absolute Gasteiger partial charge is 0.478 e. The number of ether oxygens (including phenoxy) is 1. The maximum absolute atomic E-state index is 5.59. The van der Waals surface area contributed by atoms with E-state index in [1.807, 2.05) is 19.9 Å². The molecule has 0 atom stereocenters. The van der Waals surface area contributed by atoms with E-state index in [4.69, 9.17) is 10.5 Å². The van der Waals surface area contributed by atoms with E-state index >= 15 is 0 Å². The average molecular weight is 250 g/mol. The molecule has 1 saturated carbocycles. The van der Waals surface area contributed by atoms with Gasteiger partial charge in [-0.25, -0.2) is 4.98 Å². The van der Waals surface area contributed by atoms with E-state index < -0.39 is 0 Å². The molecule has 18 heavy (non-hydrogen) atoms. The quantitative estimate of drug-likeness (QED) is 0.794. The van der Waals surface area contributed by atoms with E-state index in [-0.39, 0.29) is 0 Å². The van der Waals surface area contributed by atoms with Crippen LogP contribution in [0.1, 0.15) is 31.9 Å². The Kier molecular flexibility index (Phi) is 4.36. The van der Waals surface area contributed by atoms with Crippen molar-refractivity contribution in [3.8, 4) is 5.88 Å². The molecule has 1 aromatic rings. The van der Waals surface area contributed by atoms with E-state index in [9.17, 15) is 0 Å². The Bertz CT molecular complexity index is 393. The number of nitrogens with two attached hydrogens (primary N) is 1. The fraction of sp³-hybridized carbons (Fsp3) is 0.692. The number of anilines is 1. The Morgan fingerprint density at radius 1 is 1.44 bits per heavy atom. The van der Waals surface area contributed by atoms with Gasteiger partial charge in [0.2, 0.25) is 11.8 Å². The Labute approximate surface area is 108 Å². The lowest BCUT2D eigenvalue weighted by atomic mass is 10.3. The molecule has 5 nitrogen and oxygen atoms in total. The van der Waals surface area contributed by atoms with Crippen LogP contribution in [0.3, 0.4) is 0 Å². The molecule has 0 radical (unpaired) electrons. The molecular weight excluding hydrogens is 228 g/mol. The summed E-state index contributed by atoms with van der Waals surface area (Å²) in [6, 6.07) is 2.47. The molecular formula is C13H22N4O. The van der Waals surface area contributed by atoms with Crippen molar-refractivity contribution >= 4 is 5.95 Å². The van der Waals surface area contributed by atoms with E-state index in [2.05, 4.69) is 14.9 Å². The molecule has 0 unspecified atom stereocenters. The van der Waals surface area contributed by atoms with Crippen LogP contribution in [0.25, 0.3) is 0 Å². The topological polar surface area (TPSA) is 64.3 Å². The van der Waals surface area contributed by atoms with Crippen molar-refractivity contribution in [3.05, 3.63) is 11.8 Å². The first-order valence-electron chi connectivity index (χ1n) is 6.69. The van der Waals surface area contributed by atoms with Crippen LogP contribution in [0.4, 0.5) is 5.95 Å². The smallest absolute Gasteiger partial charge is 0.229 e. The predicted octanol–water partition coefficient (Wildman–Crippen LogP) is 1.50. The van der Waals surface area contributed by atoms with Crippen molar-refractivity contribution in [2.45, 2.75) is 39.2 Å². The van der Waals surface area contributed by atoms with Crippen molar-refractivity contribution in [3.63, 3.8) is 0 Å². The standard InChI is InChI=1S/C13H22N4O/c1-3-18-12-9-10(2)15-13(16-12)17(8-4-7-14)11-5-6-11/h9,11H,3-8,14H2,1-2H3. The van der Waals surface area contributed by atoms with Crippen molar-refractivity contribution in [1.82, 2.24) is 9.97 Å². The maximum atomic E-state index is 5.59. The first-order valence-corrected chi connectivity index (χ1v) is 6.69. The zero-order valence-electron chi connectivity index (χ0n) is 11.2. The van der Waals surface area contributed by atoms with Crippen molar-refractivity contribution < 1.29 is 4.74 Å². The highest BCUT2D eigenvalue weighted by atomic mass is 16.5. The van der Waals surface area contributed by atoms with Crippen molar-refractivity contribution in [2.24, 2.45) is 5.73 Å². The number of hydrogen-bond acceptors (Lipinski definition) is 5. The summed E-state index contributed by atoms with van der Waals surface area (Å²) in [5, 5.41) is 0. The van der Waals surface area contributed by atoms with Gasteiger partial charge in [-0.1, -0.05) is 0 Å². The Morgan fingerprint density at radius 2 is 2.22 bits per heavy atom. The van der Waals surface area contributed by atoms with Crippen molar-refractivity contribution in [1.29, 1.82) is 0 Å². The second-order valence-corrected chi connectivity index (χ2v) is 4.65. The molecule has 1 fully saturated rings. The molecule has 1 aromatic heterocycles. The lowest BCUT2D eigenvalue weighted by Gasteiger charge is -2.22. The fourth-order valence-corrected chi connectivity index (χ4v) is 1.97. The van der Waals surface area contributed by atoms with Crippen molar-refractivity contribution in [2.75, 3.05) is 24.6 Å². The second kappa shape index (κ2) is 6.00. The molecule has 0 spiro atoms. The predicted molar refractivity (Wildman–Crippen MR) is 72.0 cm³/mol. The highest BCUT2D eigenvalue weighted by Gasteiger charge is 2.30. The zero-order chi connectivity index (χ0) is 13.0. The van der Waals surface area contributed by atoms with Gasteiger partial charge < -0.3 is 15.4 Å². The van der Waals surface area contributed by atoms with E-state index in [0.717, 1.165) is 24.6 Å². The summed E-state index contributed by atoms with van der Waals surface area (Å²) < 4.78 is 5.48. The molecule has 0 aromatic carbocycles. The van der Waals surface area contributed by atoms with Gasteiger partial charge in [-0.05, 0) is 39.7 Å². The molecule has 2 N–H and O–H groups in total. The number of rotatable bonds is 7. The van der Waals surface area contributed by atoms with Crippen LogP contribution >= 0.6 is 0 Å². The number of nitrogens with zero attached hydrogens (tertiary/aromatic N) is 3. The highest BCUT2D eigenvalue weighted by molar-refractivity contribution is 5.37. The molecule has 100 valence electrons. The lowest BCUT2D eigenvalue weighted by Crippen LogP contribution is -2.30. The summed E-state index contributed by atoms with van der Waals surface area (Å²) in [6.07, 6.45) is 3.43. The minimum Gasteiger partial charge on any atom is -0.478 e. The number of aryl methyl sites for hydroxylation is 1. The first-order chi connectivity index (χ1) is 8.74. The maximum Gasteiger partial charge on any atom is 0.229 e. The van der Waals surface area contributed by atoms with Gasteiger partial charge in [0.1, 0.15) is 0 Å². The van der Waals surface area contributed by atoms with Gasteiger partial charge in [0, 0.05) is 24.3 Å². The number of hydrogen-bond donors (Lipinski definition) is 1. The molecule has 1 aliphatic carbocycles. The van der Waals surface area contributed by atoms with E-state index in [1.165, 1.54) is 12.8 Å². The van der Waals surface area contributed by atoms with Crippen LogP contribution in [0, 0.1) is 6.92 Å². The van der Waals surface area contributed by atoms with Gasteiger partial charge in [-0.3, -0.25) is 0 Å². The third kappa shape index (κ3) is 3.32. The highest BCUT2D eigenvalue weighted by Crippen LogP contribution is 2.30. The van der Waals surface area contributed by atoms with E-state index in [1.54, 1.807) is 0 Å². The average Bonchev–Trinajstić information content (AvgIpc) is 3.14. The molecule has 0 saturated heterocycles. The van der Waals surface area contributed by atoms with Crippen LogP contribution < -0.4 is 15.4 Å². The minimum absolute atomic E-state index is 0.591. The molecule has 0 bridgehead atoms. The zero-order valence-corrected chi connectivity index (χ0v) is 11.2. The third-order valence-electron chi connectivity index (χ3n) is 2.96. The SMILES string of the molecule is CCOc1cc(C)nc(N(CCCN)C2CC2)n1. The summed E-state index contributed by atoms with van der Waals surface area (Å²) >= 11 is 0. The van der Waals surface area contributed by atoms with Crippen LogP contribution in [0.2, 0.25) is 0 Å². The summed E-state index contributed by atoms with van der Waals surface area (Å²) in [6.45, 7) is 6.19. The summed E-state index contributed by atoms with van der Waals surface area (Å²) in [4.78, 5) is 11.3. The Hall–Kier alpha value is -1.36. The third-order valence-corrected chi connectivity index (χ3v) is 2.96. The van der Waals surface area contributed by atoms with Crippen LogP contribution in [-0.4, -0.2) is 35.7 Å². The minimum atomic E-state index is 0.591. The van der Waals surface area contributed by atoms with Crippen LogP contribution in [0.5, 0.6) is 5.88 Å². The summed E-state index contributed by atoms with van der Waals surface area (Å²) in [5.41, 5.74) is 6.54. The Morgan fingerprint density at radius 3 is 2.83 bits per heavy atom. The van der Waals surface area contributed by atoms with Crippen LogP contribution in [-0.2, 0) is 0 Å². The van der Waals surface area contributed by atoms with Gasteiger partial charge in [0.15, 0.2) is 0 Å².